The summed E-state index contributed by atoms with van der Waals surface area (Å²) >= 11 is 0. The van der Waals surface area contributed by atoms with Gasteiger partial charge in [-0.3, -0.25) is 14.5 Å². The smallest absolute Gasteiger partial charge is 0.325 e. The number of nitrogens with zero attached hydrogens (tertiary/aromatic N) is 2. The van der Waals surface area contributed by atoms with Gasteiger partial charge in [-0.25, -0.2) is 4.79 Å². The Balaban J connectivity index is 1.30. The number of rotatable bonds is 6. The number of benzene rings is 1. The van der Waals surface area contributed by atoms with Crippen LogP contribution in [0.2, 0.25) is 0 Å². The zero-order chi connectivity index (χ0) is 20.3. The highest BCUT2D eigenvalue weighted by molar-refractivity contribution is 6.07. The van der Waals surface area contributed by atoms with Gasteiger partial charge >= 0.3 is 6.03 Å². The molecule has 2 heterocycles. The minimum Gasteiger partial charge on any atom is -0.370 e. The molecule has 7 heteroatoms. The molecule has 4 rings (SSSR count). The number of nitrogens with one attached hydrogen (secondary N) is 2. The Hall–Kier alpha value is -2.57. The van der Waals surface area contributed by atoms with Crippen LogP contribution in [0.25, 0.3) is 0 Å². The van der Waals surface area contributed by atoms with Crippen molar-refractivity contribution in [1.82, 2.24) is 10.2 Å². The molecule has 156 valence electrons. The van der Waals surface area contributed by atoms with Crippen molar-refractivity contribution in [2.24, 2.45) is 0 Å². The Morgan fingerprint density at radius 2 is 1.76 bits per heavy atom. The summed E-state index contributed by atoms with van der Waals surface area (Å²) in [5.74, 6) is -0.201. The second-order valence-electron chi connectivity index (χ2n) is 8.39. The van der Waals surface area contributed by atoms with E-state index in [-0.39, 0.29) is 30.8 Å². The average molecular weight is 399 g/mol. The Morgan fingerprint density at radius 1 is 1.03 bits per heavy atom. The molecule has 0 atom stereocenters. The van der Waals surface area contributed by atoms with Crippen LogP contribution in [-0.2, 0) is 9.59 Å². The fourth-order valence-corrected chi connectivity index (χ4v) is 4.80. The lowest BCUT2D eigenvalue weighted by molar-refractivity contribution is -0.131. The Kier molecular flexibility index (Phi) is 5.74. The van der Waals surface area contributed by atoms with Crippen LogP contribution in [0.5, 0.6) is 0 Å². The molecule has 1 saturated carbocycles. The molecule has 2 saturated heterocycles. The average Bonchev–Trinajstić information content (AvgIpc) is 3.29. The summed E-state index contributed by atoms with van der Waals surface area (Å²) in [5, 5.41) is 5.90. The van der Waals surface area contributed by atoms with E-state index in [2.05, 4.69) is 21.6 Å². The van der Waals surface area contributed by atoms with Gasteiger partial charge in [0, 0.05) is 26.1 Å². The lowest BCUT2D eigenvalue weighted by Gasteiger charge is -2.30. The molecule has 2 aliphatic heterocycles. The molecular formula is C22H30N4O3. The topological polar surface area (TPSA) is 81.8 Å². The van der Waals surface area contributed by atoms with Gasteiger partial charge in [-0.1, -0.05) is 25.0 Å². The monoisotopic (exact) mass is 398 g/mol. The standard InChI is InChI=1S/C22H30N4O3/c27-19(23-17-9-2-3-10-18(17)25-14-6-1-7-15-25)11-8-16-26-20(28)22(24-21(26)29)12-4-5-13-22/h2-3,9-10H,1,4-8,11-16H2,(H,23,27)(H,24,29). The molecule has 2 N–H and O–H groups in total. The lowest BCUT2D eigenvalue weighted by atomic mass is 9.98. The van der Waals surface area contributed by atoms with Crippen molar-refractivity contribution in [3.8, 4) is 0 Å². The Labute approximate surface area is 171 Å². The predicted molar refractivity (Wildman–Crippen MR) is 112 cm³/mol. The van der Waals surface area contributed by atoms with Crippen molar-refractivity contribution in [3.63, 3.8) is 0 Å². The lowest BCUT2D eigenvalue weighted by Crippen LogP contribution is -2.44. The molecule has 0 bridgehead atoms. The van der Waals surface area contributed by atoms with Crippen molar-refractivity contribution in [2.75, 3.05) is 29.9 Å². The summed E-state index contributed by atoms with van der Waals surface area (Å²) in [4.78, 5) is 41.0. The Morgan fingerprint density at radius 3 is 2.52 bits per heavy atom. The minimum absolute atomic E-state index is 0.0860. The van der Waals surface area contributed by atoms with E-state index in [0.29, 0.717) is 6.42 Å². The first kappa shape index (κ1) is 19.7. The number of amides is 4. The molecular weight excluding hydrogens is 368 g/mol. The van der Waals surface area contributed by atoms with Gasteiger partial charge in [0.25, 0.3) is 5.91 Å². The maximum absolute atomic E-state index is 12.7. The quantitative estimate of drug-likeness (QED) is 0.721. The van der Waals surface area contributed by atoms with Crippen LogP contribution in [0.4, 0.5) is 16.2 Å². The molecule has 7 nitrogen and oxygen atoms in total. The van der Waals surface area contributed by atoms with E-state index in [9.17, 15) is 14.4 Å². The van der Waals surface area contributed by atoms with Crippen LogP contribution >= 0.6 is 0 Å². The molecule has 4 amide bonds. The first-order valence-electron chi connectivity index (χ1n) is 10.9. The first-order valence-corrected chi connectivity index (χ1v) is 10.9. The summed E-state index contributed by atoms with van der Waals surface area (Å²) in [6.45, 7) is 2.31. The van der Waals surface area contributed by atoms with E-state index >= 15 is 0 Å². The molecule has 0 aromatic heterocycles. The maximum atomic E-state index is 12.7. The summed E-state index contributed by atoms with van der Waals surface area (Å²) in [5.41, 5.74) is 1.23. The van der Waals surface area contributed by atoms with Crippen molar-refractivity contribution >= 4 is 29.2 Å². The number of imide groups is 1. The molecule has 1 aromatic rings. The largest absolute Gasteiger partial charge is 0.370 e. The number of carbonyl (C=O) groups excluding carboxylic acids is 3. The number of para-hydroxylation sites is 2. The van der Waals surface area contributed by atoms with Gasteiger partial charge in [-0.15, -0.1) is 0 Å². The van der Waals surface area contributed by atoms with Crippen molar-refractivity contribution in [1.29, 1.82) is 0 Å². The fourth-order valence-electron chi connectivity index (χ4n) is 4.80. The van der Waals surface area contributed by atoms with Crippen molar-refractivity contribution < 1.29 is 14.4 Å². The third-order valence-electron chi connectivity index (χ3n) is 6.36. The van der Waals surface area contributed by atoms with E-state index in [1.165, 1.54) is 24.2 Å². The zero-order valence-corrected chi connectivity index (χ0v) is 16.9. The van der Waals surface area contributed by atoms with E-state index in [1.54, 1.807) is 0 Å². The molecule has 1 spiro atoms. The van der Waals surface area contributed by atoms with Gasteiger partial charge in [0.05, 0.1) is 11.4 Å². The van der Waals surface area contributed by atoms with Gasteiger partial charge in [-0.05, 0) is 50.7 Å². The summed E-state index contributed by atoms with van der Waals surface area (Å²) < 4.78 is 0. The number of urea groups is 1. The number of hydrogen-bond acceptors (Lipinski definition) is 4. The third-order valence-corrected chi connectivity index (χ3v) is 6.36. The maximum Gasteiger partial charge on any atom is 0.325 e. The molecule has 3 aliphatic rings. The van der Waals surface area contributed by atoms with Crippen LogP contribution < -0.4 is 15.5 Å². The number of anilines is 2. The molecule has 1 aromatic carbocycles. The molecule has 1 aliphatic carbocycles. The summed E-state index contributed by atoms with van der Waals surface area (Å²) in [6, 6.07) is 7.60. The minimum atomic E-state index is -0.674. The molecule has 3 fully saturated rings. The van der Waals surface area contributed by atoms with Gasteiger partial charge in [0.2, 0.25) is 5.91 Å². The molecule has 0 unspecified atom stereocenters. The van der Waals surface area contributed by atoms with E-state index < -0.39 is 5.54 Å². The second kappa shape index (κ2) is 8.43. The van der Waals surface area contributed by atoms with Crippen molar-refractivity contribution in [2.45, 2.75) is 63.3 Å². The van der Waals surface area contributed by atoms with E-state index in [1.807, 2.05) is 18.2 Å². The number of carbonyl (C=O) groups is 3. The number of hydrogen-bond donors (Lipinski definition) is 2. The van der Waals surface area contributed by atoms with E-state index in [4.69, 9.17) is 0 Å². The highest BCUT2D eigenvalue weighted by atomic mass is 16.2. The molecule has 0 radical (unpaired) electrons. The van der Waals surface area contributed by atoms with E-state index in [0.717, 1.165) is 50.1 Å². The van der Waals surface area contributed by atoms with Crippen molar-refractivity contribution in [3.05, 3.63) is 24.3 Å². The van der Waals surface area contributed by atoms with Gasteiger partial charge in [-0.2, -0.15) is 0 Å². The fraction of sp³-hybridized carbons (Fsp3) is 0.591. The second-order valence-corrected chi connectivity index (χ2v) is 8.39. The highest BCUT2D eigenvalue weighted by Gasteiger charge is 2.52. The van der Waals surface area contributed by atoms with Gasteiger partial charge < -0.3 is 15.5 Å². The van der Waals surface area contributed by atoms with Gasteiger partial charge in [0.15, 0.2) is 0 Å². The van der Waals surface area contributed by atoms with Crippen LogP contribution in [-0.4, -0.2) is 47.9 Å². The zero-order valence-electron chi connectivity index (χ0n) is 16.9. The predicted octanol–water partition coefficient (Wildman–Crippen LogP) is 3.26. The first-order chi connectivity index (χ1) is 14.1. The summed E-state index contributed by atoms with van der Waals surface area (Å²) in [7, 11) is 0. The normalized spacial score (nSPS) is 21.0. The van der Waals surface area contributed by atoms with Crippen LogP contribution in [0.1, 0.15) is 57.8 Å². The Bertz CT molecular complexity index is 782. The number of piperidine rings is 1. The molecule has 29 heavy (non-hydrogen) atoms. The SMILES string of the molecule is O=C(CCCN1C(=O)NC2(CCCC2)C1=O)Nc1ccccc1N1CCCCC1. The van der Waals surface area contributed by atoms with Crippen LogP contribution in [0, 0.1) is 0 Å². The van der Waals surface area contributed by atoms with Gasteiger partial charge in [0.1, 0.15) is 5.54 Å². The summed E-state index contributed by atoms with van der Waals surface area (Å²) in [6.07, 6.45) is 7.74. The third kappa shape index (κ3) is 4.09. The van der Waals surface area contributed by atoms with Crippen LogP contribution in [0.3, 0.4) is 0 Å². The van der Waals surface area contributed by atoms with Crippen LogP contribution in [0.15, 0.2) is 24.3 Å². The highest BCUT2D eigenvalue weighted by Crippen LogP contribution is 2.35.